The number of hydrogen-bond acceptors (Lipinski definition) is 4. The predicted octanol–water partition coefficient (Wildman–Crippen LogP) is 0.869. The highest BCUT2D eigenvalue weighted by atomic mass is 32.1. The first-order valence-electron chi connectivity index (χ1n) is 4.29. The predicted molar refractivity (Wildman–Crippen MR) is 54.9 cm³/mol. The van der Waals surface area contributed by atoms with Crippen LogP contribution in [-0.4, -0.2) is 31.3 Å². The number of thiophene rings is 1. The van der Waals surface area contributed by atoms with Gasteiger partial charge in [0.1, 0.15) is 5.75 Å². The smallest absolute Gasteiger partial charge is 0.261 e. The number of ether oxygens (including phenoxy) is 1. The summed E-state index contributed by atoms with van der Waals surface area (Å²) < 4.78 is 4.96. The zero-order chi connectivity index (χ0) is 10.4. The molecule has 5 heteroatoms. The minimum atomic E-state index is -0.119. The number of carbonyl (C=O) groups excluding carboxylic acids is 1. The zero-order valence-corrected chi connectivity index (χ0v) is 8.76. The Morgan fingerprint density at radius 2 is 2.50 bits per heavy atom. The van der Waals surface area contributed by atoms with E-state index in [9.17, 15) is 4.79 Å². The summed E-state index contributed by atoms with van der Waals surface area (Å²) in [6, 6.07) is 1.69. The SMILES string of the molecule is COc1csc(C(=O)NCCCO)c1. The third-order valence-corrected chi connectivity index (χ3v) is 2.56. The highest BCUT2D eigenvalue weighted by molar-refractivity contribution is 7.12. The Morgan fingerprint density at radius 3 is 3.07 bits per heavy atom. The quantitative estimate of drug-likeness (QED) is 0.716. The van der Waals surface area contributed by atoms with Gasteiger partial charge in [-0.2, -0.15) is 0 Å². The number of aliphatic hydroxyl groups is 1. The van der Waals surface area contributed by atoms with Crippen LogP contribution in [0.2, 0.25) is 0 Å². The van der Waals surface area contributed by atoms with Crippen molar-refractivity contribution in [2.45, 2.75) is 6.42 Å². The van der Waals surface area contributed by atoms with Crippen LogP contribution >= 0.6 is 11.3 Å². The lowest BCUT2D eigenvalue weighted by Crippen LogP contribution is -2.24. The van der Waals surface area contributed by atoms with Gasteiger partial charge >= 0.3 is 0 Å². The van der Waals surface area contributed by atoms with E-state index in [-0.39, 0.29) is 12.5 Å². The molecule has 0 unspecified atom stereocenters. The first kappa shape index (κ1) is 11.0. The molecule has 78 valence electrons. The summed E-state index contributed by atoms with van der Waals surface area (Å²) >= 11 is 1.34. The molecular weight excluding hydrogens is 202 g/mol. The lowest BCUT2D eigenvalue weighted by Gasteiger charge is -2.00. The molecule has 0 aliphatic carbocycles. The molecule has 0 radical (unpaired) electrons. The van der Waals surface area contributed by atoms with Crippen molar-refractivity contribution < 1.29 is 14.6 Å². The normalized spacial score (nSPS) is 9.86. The van der Waals surface area contributed by atoms with Crippen molar-refractivity contribution in [2.75, 3.05) is 20.3 Å². The molecule has 0 fully saturated rings. The maximum absolute atomic E-state index is 11.4. The maximum atomic E-state index is 11.4. The summed E-state index contributed by atoms with van der Waals surface area (Å²) in [5, 5.41) is 13.0. The van der Waals surface area contributed by atoms with E-state index < -0.39 is 0 Å². The summed E-state index contributed by atoms with van der Waals surface area (Å²) in [6.07, 6.45) is 0.578. The number of aliphatic hydroxyl groups excluding tert-OH is 1. The third-order valence-electron chi connectivity index (χ3n) is 1.66. The molecule has 2 N–H and O–H groups in total. The number of carbonyl (C=O) groups is 1. The van der Waals surface area contributed by atoms with Crippen LogP contribution in [0, 0.1) is 0 Å². The summed E-state index contributed by atoms with van der Waals surface area (Å²) in [4.78, 5) is 12.0. The van der Waals surface area contributed by atoms with Crippen LogP contribution in [-0.2, 0) is 0 Å². The average molecular weight is 215 g/mol. The fraction of sp³-hybridized carbons (Fsp3) is 0.444. The molecule has 14 heavy (non-hydrogen) atoms. The fourth-order valence-corrected chi connectivity index (χ4v) is 1.68. The van der Waals surface area contributed by atoms with Crippen molar-refractivity contribution in [3.8, 4) is 5.75 Å². The van der Waals surface area contributed by atoms with Gasteiger partial charge in [0.15, 0.2) is 0 Å². The number of nitrogens with one attached hydrogen (secondary N) is 1. The Hall–Kier alpha value is -1.07. The molecule has 0 aliphatic heterocycles. The Morgan fingerprint density at radius 1 is 1.71 bits per heavy atom. The molecule has 0 atom stereocenters. The topological polar surface area (TPSA) is 58.6 Å². The highest BCUT2D eigenvalue weighted by Gasteiger charge is 2.07. The molecule has 0 aromatic carbocycles. The number of hydrogen-bond donors (Lipinski definition) is 2. The van der Waals surface area contributed by atoms with E-state index in [1.807, 2.05) is 0 Å². The maximum Gasteiger partial charge on any atom is 0.261 e. The Kier molecular flexibility index (Phi) is 4.42. The van der Waals surface area contributed by atoms with Gasteiger partial charge in [-0.15, -0.1) is 11.3 Å². The molecule has 0 spiro atoms. The zero-order valence-electron chi connectivity index (χ0n) is 7.95. The molecule has 4 nitrogen and oxygen atoms in total. The molecule has 0 aliphatic rings. The van der Waals surface area contributed by atoms with Crippen LogP contribution in [0.15, 0.2) is 11.4 Å². The second-order valence-electron chi connectivity index (χ2n) is 2.68. The highest BCUT2D eigenvalue weighted by Crippen LogP contribution is 2.20. The average Bonchev–Trinajstić information content (AvgIpc) is 2.66. The molecule has 1 amide bonds. The van der Waals surface area contributed by atoms with Gasteiger partial charge in [0.2, 0.25) is 0 Å². The second-order valence-corrected chi connectivity index (χ2v) is 3.60. The van der Waals surface area contributed by atoms with Gasteiger partial charge in [0.25, 0.3) is 5.91 Å². The Labute approximate surface area is 86.5 Å². The van der Waals surface area contributed by atoms with Crippen LogP contribution in [0.1, 0.15) is 16.1 Å². The molecule has 0 saturated carbocycles. The van der Waals surface area contributed by atoms with E-state index in [1.165, 1.54) is 11.3 Å². The monoisotopic (exact) mass is 215 g/mol. The van der Waals surface area contributed by atoms with E-state index in [4.69, 9.17) is 9.84 Å². The van der Waals surface area contributed by atoms with Gasteiger partial charge in [-0.05, 0) is 6.42 Å². The van der Waals surface area contributed by atoms with Crippen molar-refractivity contribution >= 4 is 17.2 Å². The summed E-state index contributed by atoms with van der Waals surface area (Å²) in [5.41, 5.74) is 0. The Balaban J connectivity index is 2.44. The van der Waals surface area contributed by atoms with E-state index in [0.29, 0.717) is 23.6 Å². The minimum absolute atomic E-state index is 0.0913. The number of rotatable bonds is 5. The van der Waals surface area contributed by atoms with Crippen molar-refractivity contribution in [1.82, 2.24) is 5.32 Å². The number of methoxy groups -OCH3 is 1. The molecular formula is C9H13NO3S. The Bertz CT molecular complexity index is 298. The van der Waals surface area contributed by atoms with Gasteiger partial charge in [0, 0.05) is 24.6 Å². The lowest BCUT2D eigenvalue weighted by atomic mass is 10.4. The molecule has 1 rings (SSSR count). The van der Waals surface area contributed by atoms with Crippen molar-refractivity contribution in [3.05, 3.63) is 16.3 Å². The second kappa shape index (κ2) is 5.62. The van der Waals surface area contributed by atoms with Crippen LogP contribution in [0.25, 0.3) is 0 Å². The van der Waals surface area contributed by atoms with Crippen molar-refractivity contribution in [1.29, 1.82) is 0 Å². The number of amides is 1. The van der Waals surface area contributed by atoms with Gasteiger partial charge in [0.05, 0.1) is 12.0 Å². The molecule has 1 heterocycles. The van der Waals surface area contributed by atoms with Gasteiger partial charge < -0.3 is 15.2 Å². The first-order chi connectivity index (χ1) is 6.77. The van der Waals surface area contributed by atoms with E-state index >= 15 is 0 Å². The largest absolute Gasteiger partial charge is 0.496 e. The molecule has 1 aromatic heterocycles. The molecule has 0 saturated heterocycles. The lowest BCUT2D eigenvalue weighted by molar-refractivity contribution is 0.0955. The van der Waals surface area contributed by atoms with E-state index in [1.54, 1.807) is 18.6 Å². The third kappa shape index (κ3) is 3.01. The van der Waals surface area contributed by atoms with Crippen LogP contribution in [0.4, 0.5) is 0 Å². The standard InChI is InChI=1S/C9H13NO3S/c1-13-7-5-8(14-6-7)9(12)10-3-2-4-11/h5-6,11H,2-4H2,1H3,(H,10,12). The molecule has 0 bridgehead atoms. The van der Waals surface area contributed by atoms with Gasteiger partial charge in [-0.25, -0.2) is 0 Å². The van der Waals surface area contributed by atoms with Crippen molar-refractivity contribution in [2.24, 2.45) is 0 Å². The van der Waals surface area contributed by atoms with E-state index in [0.717, 1.165) is 0 Å². The molecule has 1 aromatic rings. The van der Waals surface area contributed by atoms with Crippen LogP contribution < -0.4 is 10.1 Å². The first-order valence-corrected chi connectivity index (χ1v) is 5.17. The van der Waals surface area contributed by atoms with Gasteiger partial charge in [-0.1, -0.05) is 0 Å². The van der Waals surface area contributed by atoms with Crippen LogP contribution in [0.5, 0.6) is 5.75 Å². The summed E-state index contributed by atoms with van der Waals surface area (Å²) in [5.74, 6) is 0.578. The minimum Gasteiger partial charge on any atom is -0.496 e. The summed E-state index contributed by atoms with van der Waals surface area (Å²) in [6.45, 7) is 0.587. The summed E-state index contributed by atoms with van der Waals surface area (Å²) in [7, 11) is 1.56. The fourth-order valence-electron chi connectivity index (χ4n) is 0.913. The van der Waals surface area contributed by atoms with E-state index in [2.05, 4.69) is 5.32 Å². The van der Waals surface area contributed by atoms with Gasteiger partial charge in [-0.3, -0.25) is 4.79 Å². The van der Waals surface area contributed by atoms with Crippen LogP contribution in [0.3, 0.4) is 0 Å². The van der Waals surface area contributed by atoms with Crippen molar-refractivity contribution in [3.63, 3.8) is 0 Å².